The van der Waals surface area contributed by atoms with E-state index in [1.165, 1.54) is 39.5 Å². The zero-order valence-corrected chi connectivity index (χ0v) is 16.0. The summed E-state index contributed by atoms with van der Waals surface area (Å²) in [6.45, 7) is 1.07. The van der Waals surface area contributed by atoms with E-state index >= 15 is 0 Å². The van der Waals surface area contributed by atoms with Gasteiger partial charge in [-0.15, -0.1) is 0 Å². The van der Waals surface area contributed by atoms with Crippen LogP contribution in [0.25, 0.3) is 0 Å². The first-order chi connectivity index (χ1) is 13.4. The number of carbonyl (C=O) groups excluding carboxylic acids is 3. The average Bonchev–Trinajstić information content (AvgIpc) is 3.09. The highest BCUT2D eigenvalue weighted by Crippen LogP contribution is 2.22. The van der Waals surface area contributed by atoms with Crippen molar-refractivity contribution in [3.05, 3.63) is 46.9 Å². The third-order valence-electron chi connectivity index (χ3n) is 3.76. The van der Waals surface area contributed by atoms with Crippen LogP contribution in [0, 0.1) is 6.92 Å². The van der Waals surface area contributed by atoms with E-state index in [0.29, 0.717) is 17.3 Å². The Morgan fingerprint density at radius 3 is 2.21 bits per heavy atom. The quantitative estimate of drug-likeness (QED) is 0.679. The molecule has 0 spiro atoms. The molecule has 0 aliphatic heterocycles. The molecule has 9 nitrogen and oxygen atoms in total. The van der Waals surface area contributed by atoms with Crippen molar-refractivity contribution in [2.45, 2.75) is 13.5 Å². The summed E-state index contributed by atoms with van der Waals surface area (Å²) in [6, 6.07) is 6.10. The molecule has 1 aromatic carbocycles. The van der Waals surface area contributed by atoms with Gasteiger partial charge in [-0.3, -0.25) is 9.59 Å². The van der Waals surface area contributed by atoms with Crippen molar-refractivity contribution < 1.29 is 37.7 Å². The molecule has 1 N–H and O–H groups in total. The molecule has 0 bridgehead atoms. The fourth-order valence-corrected chi connectivity index (χ4v) is 2.32. The highest BCUT2D eigenvalue weighted by atomic mass is 16.5. The number of aryl methyl sites for hydroxylation is 1. The Labute approximate surface area is 161 Å². The Hall–Kier alpha value is -3.49. The van der Waals surface area contributed by atoms with Gasteiger partial charge in [0.05, 0.1) is 21.3 Å². The first-order valence-electron chi connectivity index (χ1n) is 8.22. The lowest BCUT2D eigenvalue weighted by molar-refractivity contribution is -0.144. The standard InChI is InChI=1S/C19H21NO8/c1-11-16(19(23)26-4)8-15(28-11)10-27-17(21)9-20-18(22)12-5-13(24-2)7-14(6-12)25-3/h5-8H,9-10H2,1-4H3,(H,20,22). The summed E-state index contributed by atoms with van der Waals surface area (Å²) in [5, 5.41) is 2.45. The van der Waals surface area contributed by atoms with Gasteiger partial charge in [0, 0.05) is 11.6 Å². The molecule has 0 unspecified atom stereocenters. The van der Waals surface area contributed by atoms with Crippen LogP contribution in [-0.4, -0.2) is 45.7 Å². The number of amides is 1. The molecule has 28 heavy (non-hydrogen) atoms. The average molecular weight is 391 g/mol. The van der Waals surface area contributed by atoms with Crippen LogP contribution in [0.15, 0.2) is 28.7 Å². The highest BCUT2D eigenvalue weighted by Gasteiger charge is 2.17. The number of nitrogens with one attached hydrogen (secondary N) is 1. The number of benzene rings is 1. The molecule has 2 aromatic rings. The molecule has 0 aliphatic rings. The summed E-state index contributed by atoms with van der Waals surface area (Å²) in [7, 11) is 4.20. The number of hydrogen-bond donors (Lipinski definition) is 1. The summed E-state index contributed by atoms with van der Waals surface area (Å²) >= 11 is 0. The fourth-order valence-electron chi connectivity index (χ4n) is 2.32. The maximum atomic E-state index is 12.2. The largest absolute Gasteiger partial charge is 0.497 e. The number of furan rings is 1. The van der Waals surface area contributed by atoms with Crippen LogP contribution >= 0.6 is 0 Å². The van der Waals surface area contributed by atoms with Gasteiger partial charge in [-0.25, -0.2) is 4.79 Å². The number of carbonyl (C=O) groups is 3. The summed E-state index contributed by atoms with van der Waals surface area (Å²) in [5.74, 6) is -0.163. The van der Waals surface area contributed by atoms with Gasteiger partial charge in [-0.2, -0.15) is 0 Å². The molecule has 0 saturated carbocycles. The minimum atomic E-state index is -0.670. The first kappa shape index (κ1) is 20.8. The summed E-state index contributed by atoms with van der Waals surface area (Å²) in [4.78, 5) is 35.6. The molecule has 0 aliphatic carbocycles. The lowest BCUT2D eigenvalue weighted by atomic mass is 10.2. The van der Waals surface area contributed by atoms with Crippen molar-refractivity contribution in [1.29, 1.82) is 0 Å². The lowest BCUT2D eigenvalue weighted by Gasteiger charge is -2.09. The normalized spacial score (nSPS) is 10.1. The van der Waals surface area contributed by atoms with E-state index in [9.17, 15) is 14.4 Å². The second kappa shape index (κ2) is 9.45. The van der Waals surface area contributed by atoms with Crippen molar-refractivity contribution in [2.24, 2.45) is 0 Å². The van der Waals surface area contributed by atoms with Gasteiger partial charge in [-0.1, -0.05) is 0 Å². The van der Waals surface area contributed by atoms with Gasteiger partial charge >= 0.3 is 11.9 Å². The predicted octanol–water partition coefficient (Wildman–Crippen LogP) is 1.87. The van der Waals surface area contributed by atoms with E-state index < -0.39 is 17.8 Å². The number of ether oxygens (including phenoxy) is 4. The Morgan fingerprint density at radius 2 is 1.64 bits per heavy atom. The van der Waals surface area contributed by atoms with Crippen molar-refractivity contribution >= 4 is 17.8 Å². The second-order valence-electron chi connectivity index (χ2n) is 5.62. The smallest absolute Gasteiger partial charge is 0.341 e. The van der Waals surface area contributed by atoms with Crippen LogP contribution in [0.2, 0.25) is 0 Å². The summed E-state index contributed by atoms with van der Waals surface area (Å²) < 4.78 is 25.2. The number of esters is 2. The van der Waals surface area contributed by atoms with E-state index in [0.717, 1.165) is 0 Å². The van der Waals surface area contributed by atoms with Crippen LogP contribution in [0.3, 0.4) is 0 Å². The van der Waals surface area contributed by atoms with Gasteiger partial charge in [0.15, 0.2) is 0 Å². The van der Waals surface area contributed by atoms with Crippen LogP contribution in [0.1, 0.15) is 32.2 Å². The fraction of sp³-hybridized carbons (Fsp3) is 0.316. The van der Waals surface area contributed by atoms with E-state index in [2.05, 4.69) is 10.1 Å². The number of methoxy groups -OCH3 is 3. The zero-order chi connectivity index (χ0) is 20.7. The Morgan fingerprint density at radius 1 is 1.00 bits per heavy atom. The zero-order valence-electron chi connectivity index (χ0n) is 16.0. The van der Waals surface area contributed by atoms with E-state index in [4.69, 9.17) is 18.6 Å². The molecule has 0 saturated heterocycles. The summed E-state index contributed by atoms with van der Waals surface area (Å²) in [6.07, 6.45) is 0. The Balaban J connectivity index is 1.89. The molecule has 9 heteroatoms. The Kier molecular flexibility index (Phi) is 7.02. The lowest BCUT2D eigenvalue weighted by Crippen LogP contribution is -2.30. The van der Waals surface area contributed by atoms with Gasteiger partial charge < -0.3 is 28.7 Å². The molecular formula is C19H21NO8. The molecule has 0 radical (unpaired) electrons. The van der Waals surface area contributed by atoms with E-state index in [-0.39, 0.29) is 30.0 Å². The molecular weight excluding hydrogens is 370 g/mol. The topological polar surface area (TPSA) is 113 Å². The third-order valence-corrected chi connectivity index (χ3v) is 3.76. The molecule has 1 aromatic heterocycles. The molecule has 0 atom stereocenters. The number of hydrogen-bond acceptors (Lipinski definition) is 8. The van der Waals surface area contributed by atoms with Gasteiger partial charge in [-0.05, 0) is 25.1 Å². The summed E-state index contributed by atoms with van der Waals surface area (Å²) in [5.41, 5.74) is 0.530. The van der Waals surface area contributed by atoms with Gasteiger partial charge in [0.2, 0.25) is 0 Å². The highest BCUT2D eigenvalue weighted by molar-refractivity contribution is 5.96. The van der Waals surface area contributed by atoms with Gasteiger partial charge in [0.25, 0.3) is 5.91 Å². The van der Waals surface area contributed by atoms with Crippen LogP contribution < -0.4 is 14.8 Å². The molecule has 0 fully saturated rings. The molecule has 1 amide bonds. The van der Waals surface area contributed by atoms with Crippen molar-refractivity contribution in [1.82, 2.24) is 5.32 Å². The Bertz CT molecular complexity index is 849. The van der Waals surface area contributed by atoms with Crippen molar-refractivity contribution in [3.63, 3.8) is 0 Å². The molecule has 2 rings (SSSR count). The first-order valence-corrected chi connectivity index (χ1v) is 8.22. The number of rotatable bonds is 8. The maximum absolute atomic E-state index is 12.2. The van der Waals surface area contributed by atoms with Crippen LogP contribution in [0.4, 0.5) is 0 Å². The minimum Gasteiger partial charge on any atom is -0.497 e. The second-order valence-corrected chi connectivity index (χ2v) is 5.62. The third kappa shape index (κ3) is 5.26. The molecule has 1 heterocycles. The van der Waals surface area contributed by atoms with E-state index in [1.807, 2.05) is 0 Å². The van der Waals surface area contributed by atoms with Crippen molar-refractivity contribution in [3.8, 4) is 11.5 Å². The molecule has 150 valence electrons. The van der Waals surface area contributed by atoms with E-state index in [1.54, 1.807) is 13.0 Å². The SMILES string of the molecule is COC(=O)c1cc(COC(=O)CNC(=O)c2cc(OC)cc(OC)c2)oc1C. The van der Waals surface area contributed by atoms with Crippen LogP contribution in [-0.2, 0) is 20.9 Å². The predicted molar refractivity (Wildman–Crippen MR) is 96.5 cm³/mol. The monoisotopic (exact) mass is 391 g/mol. The van der Waals surface area contributed by atoms with Crippen molar-refractivity contribution in [2.75, 3.05) is 27.9 Å². The van der Waals surface area contributed by atoms with Crippen LogP contribution in [0.5, 0.6) is 11.5 Å². The maximum Gasteiger partial charge on any atom is 0.341 e. The van der Waals surface area contributed by atoms with Gasteiger partial charge in [0.1, 0.15) is 41.7 Å². The minimum absolute atomic E-state index is 0.181.